The summed E-state index contributed by atoms with van der Waals surface area (Å²) in [5.74, 6) is 6.25. The summed E-state index contributed by atoms with van der Waals surface area (Å²) in [6, 6.07) is 0. The second kappa shape index (κ2) is 3.98. The van der Waals surface area contributed by atoms with Crippen LogP contribution >= 0.6 is 27.5 Å². The first-order valence-corrected chi connectivity index (χ1v) is 4.71. The van der Waals surface area contributed by atoms with Gasteiger partial charge in [0, 0.05) is 11.2 Å². The molecule has 1 heterocycles. The van der Waals surface area contributed by atoms with Gasteiger partial charge in [0.05, 0.1) is 10.2 Å². The van der Waals surface area contributed by atoms with Crippen LogP contribution in [0.15, 0.2) is 23.9 Å². The number of aryl methyl sites for hydroxylation is 1. The first kappa shape index (κ1) is 10.3. The number of imidazole rings is 1. The molecule has 0 fully saturated rings. The highest BCUT2D eigenvalue weighted by molar-refractivity contribution is 9.15. The number of halogens is 2. The Morgan fingerprint density at radius 2 is 2.46 bits per heavy atom. The maximum absolute atomic E-state index is 5.63. The monoisotopic (exact) mass is 261 g/mol. The molecule has 70 valence electrons. The summed E-state index contributed by atoms with van der Waals surface area (Å²) in [5.41, 5.74) is 0.850. The molecule has 2 N–H and O–H groups in total. The van der Waals surface area contributed by atoms with Gasteiger partial charge in [-0.25, -0.2) is 9.66 Å². The summed E-state index contributed by atoms with van der Waals surface area (Å²) in [5, 5.41) is 0.424. The quantitative estimate of drug-likeness (QED) is 0.657. The van der Waals surface area contributed by atoms with E-state index >= 15 is 0 Å². The fraction of sp³-hybridized carbons (Fsp3) is 0.125. The maximum atomic E-state index is 5.63. The summed E-state index contributed by atoms with van der Waals surface area (Å²) in [4.78, 5) is 4.19. The van der Waals surface area contributed by atoms with Gasteiger partial charge < -0.3 is 5.84 Å². The van der Waals surface area contributed by atoms with Crippen LogP contribution in [0.2, 0.25) is 0 Å². The second-order valence-corrected chi connectivity index (χ2v) is 3.89. The van der Waals surface area contributed by atoms with E-state index in [1.54, 1.807) is 12.3 Å². The van der Waals surface area contributed by atoms with Crippen LogP contribution < -0.4 is 5.84 Å². The summed E-state index contributed by atoms with van der Waals surface area (Å²) in [6.45, 7) is 5.40. The molecule has 0 aromatic carbocycles. The van der Waals surface area contributed by atoms with Crippen molar-refractivity contribution in [3.8, 4) is 0 Å². The number of allylic oxidation sites excluding steroid dienone is 2. The molecule has 0 unspecified atom stereocenters. The molecule has 1 rings (SSSR count). The average Bonchev–Trinajstić information content (AvgIpc) is 2.28. The second-order valence-electron chi connectivity index (χ2n) is 2.55. The van der Waals surface area contributed by atoms with E-state index in [0.29, 0.717) is 15.3 Å². The molecule has 0 aliphatic carbocycles. The zero-order valence-corrected chi connectivity index (χ0v) is 9.43. The van der Waals surface area contributed by atoms with Gasteiger partial charge in [0.1, 0.15) is 0 Å². The molecule has 0 saturated heterocycles. The van der Waals surface area contributed by atoms with Gasteiger partial charge in [-0.3, -0.25) is 0 Å². The van der Waals surface area contributed by atoms with Crippen molar-refractivity contribution in [2.45, 2.75) is 6.92 Å². The predicted molar refractivity (Wildman–Crippen MR) is 59.0 cm³/mol. The van der Waals surface area contributed by atoms with Crippen molar-refractivity contribution in [3.05, 3.63) is 35.4 Å². The summed E-state index contributed by atoms with van der Waals surface area (Å²) in [6.07, 6.45) is 3.37. The molecule has 5 heteroatoms. The highest BCUT2D eigenvalue weighted by Crippen LogP contribution is 2.21. The summed E-state index contributed by atoms with van der Waals surface area (Å²) >= 11 is 8.91. The Bertz CT molecular complexity index is 367. The number of hydrogen-bond acceptors (Lipinski definition) is 2. The lowest BCUT2D eigenvalue weighted by Crippen LogP contribution is -2.09. The fourth-order valence-corrected chi connectivity index (χ4v) is 1.71. The van der Waals surface area contributed by atoms with Crippen molar-refractivity contribution in [2.75, 3.05) is 5.84 Å². The Hall–Kier alpha value is -0.740. The Morgan fingerprint density at radius 1 is 1.85 bits per heavy atom. The molecule has 0 aliphatic rings. The predicted octanol–water partition coefficient (Wildman–Crippen LogP) is 2.39. The van der Waals surface area contributed by atoms with E-state index in [-0.39, 0.29) is 0 Å². The number of nitrogens with two attached hydrogens (primary N) is 1. The van der Waals surface area contributed by atoms with Gasteiger partial charge in [0.25, 0.3) is 0 Å². The SMILES string of the molecule is C=C(Cl)/C=C(/Br)c1nc(C)cn1N. The third-order valence-electron chi connectivity index (χ3n) is 1.35. The summed E-state index contributed by atoms with van der Waals surface area (Å²) < 4.78 is 2.14. The number of nitrogen functional groups attached to an aromatic ring is 1. The van der Waals surface area contributed by atoms with Crippen LogP contribution in [0, 0.1) is 6.92 Å². The third-order valence-corrected chi connectivity index (χ3v) is 2.04. The molecule has 0 atom stereocenters. The first-order valence-electron chi connectivity index (χ1n) is 3.53. The molecule has 0 amide bonds. The first-order chi connectivity index (χ1) is 6.00. The minimum atomic E-state index is 0.424. The zero-order chi connectivity index (χ0) is 10.0. The van der Waals surface area contributed by atoms with Crippen molar-refractivity contribution in [1.82, 2.24) is 9.66 Å². The molecule has 1 aromatic heterocycles. The summed E-state index contributed by atoms with van der Waals surface area (Å²) in [7, 11) is 0. The topological polar surface area (TPSA) is 43.8 Å². The van der Waals surface area contributed by atoms with Crippen LogP contribution in [-0.4, -0.2) is 9.66 Å². The molecule has 0 radical (unpaired) electrons. The average molecular weight is 263 g/mol. The third kappa shape index (κ3) is 2.60. The van der Waals surface area contributed by atoms with Gasteiger partial charge in [0.2, 0.25) is 0 Å². The molecule has 13 heavy (non-hydrogen) atoms. The van der Waals surface area contributed by atoms with Crippen LogP contribution in [0.5, 0.6) is 0 Å². The van der Waals surface area contributed by atoms with Crippen molar-refractivity contribution < 1.29 is 0 Å². The van der Waals surface area contributed by atoms with E-state index in [1.807, 2.05) is 6.92 Å². The van der Waals surface area contributed by atoms with Gasteiger partial charge in [-0.2, -0.15) is 0 Å². The molecule has 3 nitrogen and oxygen atoms in total. The molecule has 0 bridgehead atoms. The van der Waals surface area contributed by atoms with Gasteiger partial charge >= 0.3 is 0 Å². The van der Waals surface area contributed by atoms with Crippen molar-refractivity contribution in [2.24, 2.45) is 0 Å². The van der Waals surface area contributed by atoms with Crippen molar-refractivity contribution in [1.29, 1.82) is 0 Å². The molecular weight excluding hydrogens is 253 g/mol. The van der Waals surface area contributed by atoms with Gasteiger partial charge in [0.15, 0.2) is 5.82 Å². The van der Waals surface area contributed by atoms with E-state index in [9.17, 15) is 0 Å². The van der Waals surface area contributed by atoms with E-state index in [0.717, 1.165) is 5.69 Å². The Morgan fingerprint density at radius 3 is 2.85 bits per heavy atom. The van der Waals surface area contributed by atoms with Gasteiger partial charge in [-0.05, 0) is 28.9 Å². The zero-order valence-electron chi connectivity index (χ0n) is 7.09. The molecular formula is C8H9BrClN3. The molecule has 0 spiro atoms. The van der Waals surface area contributed by atoms with Crippen LogP contribution in [0.4, 0.5) is 0 Å². The smallest absolute Gasteiger partial charge is 0.165 e. The lowest BCUT2D eigenvalue weighted by atomic mass is 10.4. The number of nitrogens with zero attached hydrogens (tertiary/aromatic N) is 2. The van der Waals surface area contributed by atoms with Crippen molar-refractivity contribution >= 4 is 32.0 Å². The molecule has 1 aromatic rings. The maximum Gasteiger partial charge on any atom is 0.165 e. The lowest BCUT2D eigenvalue weighted by molar-refractivity contribution is 0.977. The van der Waals surface area contributed by atoms with Crippen molar-refractivity contribution in [3.63, 3.8) is 0 Å². The lowest BCUT2D eigenvalue weighted by Gasteiger charge is -1.98. The van der Waals surface area contributed by atoms with Gasteiger partial charge in [-0.15, -0.1) is 0 Å². The largest absolute Gasteiger partial charge is 0.338 e. The van der Waals surface area contributed by atoms with E-state index in [4.69, 9.17) is 17.4 Å². The standard InChI is InChI=1S/C8H9BrClN3/c1-5(10)3-7(9)8-12-6(2)4-13(8)11/h3-4H,1,11H2,2H3/b7-3+. The molecule has 0 aliphatic heterocycles. The van der Waals surface area contributed by atoms with Crippen LogP contribution in [-0.2, 0) is 0 Å². The Labute approximate surface area is 90.0 Å². The van der Waals surface area contributed by atoms with Crippen LogP contribution in [0.3, 0.4) is 0 Å². The number of hydrogen-bond donors (Lipinski definition) is 1. The number of rotatable bonds is 2. The fourth-order valence-electron chi connectivity index (χ4n) is 0.895. The van der Waals surface area contributed by atoms with E-state index in [2.05, 4.69) is 27.5 Å². The number of aromatic nitrogens is 2. The highest BCUT2D eigenvalue weighted by atomic mass is 79.9. The van der Waals surface area contributed by atoms with Gasteiger partial charge in [-0.1, -0.05) is 18.2 Å². The normalized spacial score (nSPS) is 11.8. The highest BCUT2D eigenvalue weighted by Gasteiger charge is 2.06. The van der Waals surface area contributed by atoms with Crippen LogP contribution in [0.25, 0.3) is 4.48 Å². The Balaban J connectivity index is 3.08. The van der Waals surface area contributed by atoms with Crippen LogP contribution in [0.1, 0.15) is 11.5 Å². The van der Waals surface area contributed by atoms with E-state index < -0.39 is 0 Å². The molecule has 0 saturated carbocycles. The van der Waals surface area contributed by atoms with E-state index in [1.165, 1.54) is 4.68 Å². The Kier molecular flexibility index (Phi) is 3.17. The minimum absolute atomic E-state index is 0.424. The minimum Gasteiger partial charge on any atom is -0.338 e.